The summed E-state index contributed by atoms with van der Waals surface area (Å²) >= 11 is 0. The van der Waals surface area contributed by atoms with Crippen molar-refractivity contribution in [2.45, 2.75) is 33.1 Å². The van der Waals surface area contributed by atoms with Crippen molar-refractivity contribution < 1.29 is 6.22 Å². The van der Waals surface area contributed by atoms with Crippen LogP contribution in [0.5, 0.6) is 0 Å². The van der Waals surface area contributed by atoms with E-state index in [9.17, 15) is 4.79 Å². The van der Waals surface area contributed by atoms with Gasteiger partial charge in [-0.05, 0) is 18.4 Å². The van der Waals surface area contributed by atoms with E-state index >= 15 is 0 Å². The van der Waals surface area contributed by atoms with Crippen molar-refractivity contribution >= 4 is 22.6 Å². The van der Waals surface area contributed by atoms with Gasteiger partial charge in [0.1, 0.15) is 11.5 Å². The molecule has 8 heteroatoms. The number of carbonyl (C=O) groups excluding carboxylic acids is 1. The van der Waals surface area contributed by atoms with Crippen molar-refractivity contribution in [1.82, 2.24) is 34.2 Å². The summed E-state index contributed by atoms with van der Waals surface area (Å²) in [5.74, 6) is 1.46. The highest BCUT2D eigenvalue weighted by molar-refractivity contribution is 5.92. The van der Waals surface area contributed by atoms with Crippen molar-refractivity contribution in [3.05, 3.63) is 54.8 Å². The first-order valence-electron chi connectivity index (χ1n) is 10.1. The first-order valence-corrected chi connectivity index (χ1v) is 10.1. The average molecular weight is 393 g/mol. The number of nitrogens with zero attached hydrogens (tertiary/aromatic N) is 6. The van der Waals surface area contributed by atoms with E-state index in [1.54, 1.807) is 12.4 Å². The molecule has 0 aromatic carbocycles. The number of rotatable bonds is 2. The van der Waals surface area contributed by atoms with Gasteiger partial charge in [-0.1, -0.05) is 20.8 Å². The molecule has 5 heterocycles. The van der Waals surface area contributed by atoms with Crippen molar-refractivity contribution in [3.63, 3.8) is 0 Å². The summed E-state index contributed by atoms with van der Waals surface area (Å²) in [6.07, 6.45) is 11.1. The maximum Gasteiger partial charge on any atom is 0.274 e. The fourth-order valence-electron chi connectivity index (χ4n) is 3.92. The molecule has 1 N–H and O–H groups in total. The number of nitrogens with one attached hydrogen (secondary N) is 1. The minimum atomic E-state index is -0.0747. The van der Waals surface area contributed by atoms with Crippen LogP contribution in [0.1, 0.15) is 50.8 Å². The molecule has 0 saturated carbocycles. The molecule has 0 spiro atoms. The molecule has 0 aliphatic carbocycles. The fourth-order valence-corrected chi connectivity index (χ4v) is 3.92. The number of carbonyl (C=O) groups is 1. The second kappa shape index (κ2) is 7.98. The SMILES string of the molecule is CC.C[C@H]1CCN(C(=O)c2cnccn2)C[C@H]1c1ncc2cnc3[nH]ccc3n12.[HH]. The van der Waals surface area contributed by atoms with Gasteiger partial charge in [0.2, 0.25) is 0 Å². The molecule has 1 fully saturated rings. The average Bonchev–Trinajstić information content (AvgIpc) is 3.42. The highest BCUT2D eigenvalue weighted by Gasteiger charge is 2.33. The lowest BCUT2D eigenvalue weighted by molar-refractivity contribution is 0.0658. The molecule has 152 valence electrons. The van der Waals surface area contributed by atoms with E-state index in [0.717, 1.165) is 35.5 Å². The Hall–Kier alpha value is -3.29. The van der Waals surface area contributed by atoms with Gasteiger partial charge in [0.25, 0.3) is 5.91 Å². The predicted molar refractivity (Wildman–Crippen MR) is 113 cm³/mol. The number of likely N-dealkylation sites (tertiary alicyclic amines) is 1. The minimum Gasteiger partial charge on any atom is -0.345 e. The molecule has 4 aromatic rings. The number of hydrogen-bond donors (Lipinski definition) is 1. The van der Waals surface area contributed by atoms with Gasteiger partial charge in [-0.15, -0.1) is 0 Å². The second-order valence-electron chi connectivity index (χ2n) is 7.06. The van der Waals surface area contributed by atoms with Crippen LogP contribution in [-0.2, 0) is 0 Å². The van der Waals surface area contributed by atoms with Crippen LogP contribution >= 0.6 is 0 Å². The molecular formula is C21H27N7O. The Balaban J connectivity index is 0.000000830. The molecule has 2 atom stereocenters. The Bertz CT molecular complexity index is 1120. The summed E-state index contributed by atoms with van der Waals surface area (Å²) in [7, 11) is 0. The molecule has 8 nitrogen and oxygen atoms in total. The Morgan fingerprint density at radius 3 is 2.79 bits per heavy atom. The number of aromatic nitrogens is 6. The topological polar surface area (TPSA) is 92.1 Å². The molecular weight excluding hydrogens is 366 g/mol. The van der Waals surface area contributed by atoms with E-state index in [0.29, 0.717) is 18.2 Å². The summed E-state index contributed by atoms with van der Waals surface area (Å²) in [6.45, 7) is 7.56. The number of H-pyrrole nitrogens is 1. The predicted octanol–water partition coefficient (Wildman–Crippen LogP) is 3.54. The monoisotopic (exact) mass is 393 g/mol. The normalized spacial score (nSPS) is 19.2. The third kappa shape index (κ3) is 3.35. The van der Waals surface area contributed by atoms with E-state index in [4.69, 9.17) is 4.98 Å². The summed E-state index contributed by atoms with van der Waals surface area (Å²) < 4.78 is 2.15. The van der Waals surface area contributed by atoms with Gasteiger partial charge < -0.3 is 9.88 Å². The van der Waals surface area contributed by atoms with E-state index < -0.39 is 0 Å². The van der Waals surface area contributed by atoms with E-state index in [1.807, 2.05) is 43.4 Å². The standard InChI is InChI=1S/C19H19N7O.C2H6.H2/c1-12-3-7-25(19(27)15-10-20-5-6-21-15)11-14(12)18-24-9-13-8-23-17-16(26(13)18)2-4-22-17;1-2;/h2,4-6,8-10,12,14,22H,3,7,11H2,1H3;1-2H3;1H/t12-,14+;;/m0../s1. The van der Waals surface area contributed by atoms with E-state index in [-0.39, 0.29) is 13.3 Å². The summed E-state index contributed by atoms with van der Waals surface area (Å²) in [5.41, 5.74) is 3.18. The second-order valence-corrected chi connectivity index (χ2v) is 7.06. The molecule has 0 bridgehead atoms. The third-order valence-electron chi connectivity index (χ3n) is 5.45. The number of piperidine rings is 1. The Morgan fingerprint density at radius 1 is 1.17 bits per heavy atom. The van der Waals surface area contributed by atoms with Crippen LogP contribution in [0.3, 0.4) is 0 Å². The first-order chi connectivity index (χ1) is 14.2. The molecule has 29 heavy (non-hydrogen) atoms. The molecule has 4 aromatic heterocycles. The van der Waals surface area contributed by atoms with Crippen LogP contribution < -0.4 is 0 Å². The van der Waals surface area contributed by atoms with Crippen LogP contribution in [0.25, 0.3) is 16.7 Å². The quantitative estimate of drug-likeness (QED) is 0.562. The highest BCUT2D eigenvalue weighted by Crippen LogP contribution is 2.33. The summed E-state index contributed by atoms with van der Waals surface area (Å²) in [6, 6.07) is 2.01. The Morgan fingerprint density at radius 2 is 2.00 bits per heavy atom. The zero-order chi connectivity index (χ0) is 20.4. The van der Waals surface area contributed by atoms with Crippen molar-refractivity contribution in [2.75, 3.05) is 13.1 Å². The Kier molecular flexibility index (Phi) is 5.24. The smallest absolute Gasteiger partial charge is 0.274 e. The van der Waals surface area contributed by atoms with Gasteiger partial charge in [-0.3, -0.25) is 14.2 Å². The molecule has 0 unspecified atom stereocenters. The number of amides is 1. The summed E-state index contributed by atoms with van der Waals surface area (Å²) in [4.78, 5) is 35.2. The minimum absolute atomic E-state index is 0. The third-order valence-corrected chi connectivity index (χ3v) is 5.45. The number of fused-ring (bicyclic) bond motifs is 3. The number of hydrogen-bond acceptors (Lipinski definition) is 5. The molecule has 1 saturated heterocycles. The number of imidazole rings is 1. The van der Waals surface area contributed by atoms with Gasteiger partial charge in [0, 0.05) is 39.0 Å². The van der Waals surface area contributed by atoms with Crippen molar-refractivity contribution in [3.8, 4) is 0 Å². The van der Waals surface area contributed by atoms with Crippen LogP contribution in [-0.4, -0.2) is 53.2 Å². The lowest BCUT2D eigenvalue weighted by Crippen LogP contribution is -2.43. The molecule has 1 amide bonds. The first kappa shape index (κ1) is 19.0. The van der Waals surface area contributed by atoms with Crippen molar-refractivity contribution in [2.24, 2.45) is 5.92 Å². The fraction of sp³-hybridized carbons (Fsp3) is 0.381. The highest BCUT2D eigenvalue weighted by atomic mass is 16.2. The van der Waals surface area contributed by atoms with E-state index in [1.165, 1.54) is 6.20 Å². The van der Waals surface area contributed by atoms with Gasteiger partial charge >= 0.3 is 0 Å². The lowest BCUT2D eigenvalue weighted by atomic mass is 9.86. The largest absolute Gasteiger partial charge is 0.345 e. The maximum atomic E-state index is 12.8. The summed E-state index contributed by atoms with van der Waals surface area (Å²) in [5, 5.41) is 0. The van der Waals surface area contributed by atoms with Crippen molar-refractivity contribution in [1.29, 1.82) is 0 Å². The zero-order valence-electron chi connectivity index (χ0n) is 16.9. The van der Waals surface area contributed by atoms with Crippen LogP contribution in [0, 0.1) is 5.92 Å². The molecule has 1 aliphatic rings. The van der Waals surface area contributed by atoms with Gasteiger partial charge in [-0.25, -0.2) is 15.0 Å². The molecule has 0 radical (unpaired) electrons. The van der Waals surface area contributed by atoms with Crippen LogP contribution in [0.15, 0.2) is 43.2 Å². The number of aromatic amines is 1. The Labute approximate surface area is 170 Å². The maximum absolute atomic E-state index is 12.8. The van der Waals surface area contributed by atoms with Crippen LogP contribution in [0.4, 0.5) is 0 Å². The van der Waals surface area contributed by atoms with Gasteiger partial charge in [0.15, 0.2) is 5.65 Å². The zero-order valence-corrected chi connectivity index (χ0v) is 16.9. The molecule has 1 aliphatic heterocycles. The van der Waals surface area contributed by atoms with E-state index in [2.05, 4.69) is 31.3 Å². The van der Waals surface area contributed by atoms with Gasteiger partial charge in [-0.2, -0.15) is 0 Å². The molecule has 5 rings (SSSR count). The lowest BCUT2D eigenvalue weighted by Gasteiger charge is -2.36. The van der Waals surface area contributed by atoms with Gasteiger partial charge in [0.05, 0.1) is 29.6 Å². The van der Waals surface area contributed by atoms with Crippen LogP contribution in [0.2, 0.25) is 0 Å².